The molecule has 1 N–H and O–H groups in total. The lowest BCUT2D eigenvalue weighted by Gasteiger charge is -2.06. The highest BCUT2D eigenvalue weighted by molar-refractivity contribution is 7.12. The molecule has 0 saturated heterocycles. The number of amides is 1. The molecular formula is C17H17NO4S. The minimum atomic E-state index is -0.0540. The smallest absolute Gasteiger partial charge is 0.231 e. The van der Waals surface area contributed by atoms with Crippen LogP contribution in [0.5, 0.6) is 11.5 Å². The Morgan fingerprint density at radius 1 is 1.13 bits per heavy atom. The first-order chi connectivity index (χ1) is 11.2. The lowest BCUT2D eigenvalue weighted by atomic mass is 10.1. The molecule has 0 unspecified atom stereocenters. The summed E-state index contributed by atoms with van der Waals surface area (Å²) >= 11 is 1.43. The minimum absolute atomic E-state index is 0.0540. The molecule has 23 heavy (non-hydrogen) atoms. The summed E-state index contributed by atoms with van der Waals surface area (Å²) in [4.78, 5) is 24.4. The Balaban J connectivity index is 1.39. The highest BCUT2D eigenvalue weighted by atomic mass is 32.1. The van der Waals surface area contributed by atoms with E-state index in [1.807, 2.05) is 35.7 Å². The van der Waals surface area contributed by atoms with Gasteiger partial charge in [-0.1, -0.05) is 12.1 Å². The van der Waals surface area contributed by atoms with Crippen LogP contribution in [0.15, 0.2) is 35.7 Å². The predicted octanol–water partition coefficient (Wildman–Crippen LogP) is 3.15. The van der Waals surface area contributed by atoms with Crippen molar-refractivity contribution in [3.63, 3.8) is 0 Å². The fourth-order valence-electron chi connectivity index (χ4n) is 2.31. The van der Waals surface area contributed by atoms with Crippen LogP contribution in [-0.2, 0) is 11.3 Å². The maximum atomic E-state index is 11.8. The Hall–Kier alpha value is -2.34. The van der Waals surface area contributed by atoms with Gasteiger partial charge >= 0.3 is 0 Å². The maximum Gasteiger partial charge on any atom is 0.231 e. The number of rotatable bonds is 7. The average Bonchev–Trinajstić information content (AvgIpc) is 3.23. The van der Waals surface area contributed by atoms with Gasteiger partial charge in [0.25, 0.3) is 0 Å². The lowest BCUT2D eigenvalue weighted by molar-refractivity contribution is -0.121. The fraction of sp³-hybridized carbons (Fsp3) is 0.294. The lowest BCUT2D eigenvalue weighted by Crippen LogP contribution is -2.22. The molecule has 0 spiro atoms. The summed E-state index contributed by atoms with van der Waals surface area (Å²) in [7, 11) is 0. The maximum absolute atomic E-state index is 11.8. The summed E-state index contributed by atoms with van der Waals surface area (Å²) in [6.07, 6.45) is 1.31. The zero-order valence-corrected chi connectivity index (χ0v) is 13.4. The molecule has 1 aliphatic rings. The van der Waals surface area contributed by atoms with Gasteiger partial charge in [-0.2, -0.15) is 0 Å². The molecule has 2 heterocycles. The van der Waals surface area contributed by atoms with Crippen LogP contribution in [0.1, 0.15) is 34.5 Å². The van der Waals surface area contributed by atoms with Gasteiger partial charge in [-0.15, -0.1) is 11.3 Å². The molecule has 2 aromatic rings. The van der Waals surface area contributed by atoms with Crippen LogP contribution < -0.4 is 14.8 Å². The largest absolute Gasteiger partial charge is 0.454 e. The molecule has 1 aromatic heterocycles. The molecule has 0 fully saturated rings. The van der Waals surface area contributed by atoms with E-state index in [2.05, 4.69) is 5.32 Å². The highest BCUT2D eigenvalue weighted by Crippen LogP contribution is 2.32. The summed E-state index contributed by atoms with van der Waals surface area (Å²) in [5.74, 6) is 1.48. The standard InChI is InChI=1S/C17H17NO4S/c19-13(16-4-2-8-23-16)3-1-5-17(20)18-10-12-6-7-14-15(9-12)22-11-21-14/h2,4,6-9H,1,3,5,10-11H2,(H,18,20). The van der Waals surface area contributed by atoms with Gasteiger partial charge < -0.3 is 14.8 Å². The third-order valence-corrected chi connectivity index (χ3v) is 4.44. The average molecular weight is 331 g/mol. The number of benzene rings is 1. The summed E-state index contributed by atoms with van der Waals surface area (Å²) in [5, 5.41) is 4.73. The Kier molecular flexibility index (Phi) is 4.92. The summed E-state index contributed by atoms with van der Waals surface area (Å²) in [6.45, 7) is 0.678. The van der Waals surface area contributed by atoms with Crippen molar-refractivity contribution in [2.24, 2.45) is 0 Å². The first-order valence-corrected chi connectivity index (χ1v) is 8.32. The number of carbonyl (C=O) groups excluding carboxylic acids is 2. The number of ketones is 1. The first kappa shape index (κ1) is 15.6. The van der Waals surface area contributed by atoms with Crippen LogP contribution in [0, 0.1) is 0 Å². The second-order valence-corrected chi connectivity index (χ2v) is 6.17. The van der Waals surface area contributed by atoms with Crippen molar-refractivity contribution in [2.45, 2.75) is 25.8 Å². The molecule has 6 heteroatoms. The molecule has 1 amide bonds. The second-order valence-electron chi connectivity index (χ2n) is 5.22. The van der Waals surface area contributed by atoms with Crippen molar-refractivity contribution in [1.82, 2.24) is 5.32 Å². The molecule has 1 aliphatic heterocycles. The Labute approximate surface area is 138 Å². The number of fused-ring (bicyclic) bond motifs is 1. The van der Waals surface area contributed by atoms with Crippen LogP contribution in [0.2, 0.25) is 0 Å². The Morgan fingerprint density at radius 3 is 2.83 bits per heavy atom. The third-order valence-electron chi connectivity index (χ3n) is 3.53. The minimum Gasteiger partial charge on any atom is -0.454 e. The third kappa shape index (κ3) is 4.10. The molecule has 0 atom stereocenters. The number of hydrogen-bond acceptors (Lipinski definition) is 5. The fourth-order valence-corrected chi connectivity index (χ4v) is 3.00. The predicted molar refractivity (Wildman–Crippen MR) is 86.9 cm³/mol. The SMILES string of the molecule is O=C(CCCC(=O)c1cccs1)NCc1ccc2c(c1)OCO2. The molecule has 3 rings (SSSR count). The van der Waals surface area contributed by atoms with Crippen molar-refractivity contribution in [2.75, 3.05) is 6.79 Å². The van der Waals surface area contributed by atoms with E-state index in [0.717, 1.165) is 16.2 Å². The summed E-state index contributed by atoms with van der Waals surface area (Å²) < 4.78 is 10.5. The molecule has 0 saturated carbocycles. The highest BCUT2D eigenvalue weighted by Gasteiger charge is 2.13. The number of Topliss-reactive ketones (excluding diaryl/α,β-unsaturated/α-hetero) is 1. The number of thiophene rings is 1. The Morgan fingerprint density at radius 2 is 2.00 bits per heavy atom. The number of hydrogen-bond donors (Lipinski definition) is 1. The van der Waals surface area contributed by atoms with E-state index in [0.29, 0.717) is 31.6 Å². The van der Waals surface area contributed by atoms with E-state index in [4.69, 9.17) is 9.47 Å². The monoisotopic (exact) mass is 331 g/mol. The summed E-state index contributed by atoms with van der Waals surface area (Å²) in [6, 6.07) is 9.27. The van der Waals surface area contributed by atoms with Gasteiger partial charge in [0, 0.05) is 19.4 Å². The molecule has 1 aromatic carbocycles. The van der Waals surface area contributed by atoms with Gasteiger partial charge in [0.15, 0.2) is 17.3 Å². The van der Waals surface area contributed by atoms with Gasteiger partial charge in [0.05, 0.1) is 4.88 Å². The van der Waals surface area contributed by atoms with Gasteiger partial charge in [-0.3, -0.25) is 9.59 Å². The van der Waals surface area contributed by atoms with Gasteiger partial charge in [-0.25, -0.2) is 0 Å². The molecular weight excluding hydrogens is 314 g/mol. The number of nitrogens with one attached hydrogen (secondary N) is 1. The molecule has 120 valence electrons. The first-order valence-electron chi connectivity index (χ1n) is 7.44. The van der Waals surface area contributed by atoms with E-state index < -0.39 is 0 Å². The molecule has 0 bridgehead atoms. The zero-order chi connectivity index (χ0) is 16.1. The molecule has 0 radical (unpaired) electrons. The molecule has 0 aliphatic carbocycles. The number of ether oxygens (including phenoxy) is 2. The van der Waals surface area contributed by atoms with E-state index >= 15 is 0 Å². The van der Waals surface area contributed by atoms with Crippen LogP contribution in [-0.4, -0.2) is 18.5 Å². The van der Waals surface area contributed by atoms with E-state index in [9.17, 15) is 9.59 Å². The molecule has 5 nitrogen and oxygen atoms in total. The van der Waals surface area contributed by atoms with E-state index in [-0.39, 0.29) is 18.5 Å². The van der Waals surface area contributed by atoms with Crippen molar-refractivity contribution in [3.05, 3.63) is 46.2 Å². The van der Waals surface area contributed by atoms with Crippen molar-refractivity contribution < 1.29 is 19.1 Å². The quantitative estimate of drug-likeness (QED) is 0.792. The van der Waals surface area contributed by atoms with E-state index in [1.165, 1.54) is 11.3 Å². The summed E-state index contributed by atoms with van der Waals surface area (Å²) in [5.41, 5.74) is 0.956. The van der Waals surface area contributed by atoms with Crippen LogP contribution in [0.3, 0.4) is 0 Å². The zero-order valence-electron chi connectivity index (χ0n) is 12.5. The normalized spacial score (nSPS) is 12.2. The topological polar surface area (TPSA) is 64.6 Å². The van der Waals surface area contributed by atoms with Gasteiger partial charge in [0.1, 0.15) is 0 Å². The van der Waals surface area contributed by atoms with Crippen molar-refractivity contribution in [1.29, 1.82) is 0 Å². The van der Waals surface area contributed by atoms with Crippen molar-refractivity contribution >= 4 is 23.0 Å². The van der Waals surface area contributed by atoms with Crippen LogP contribution in [0.4, 0.5) is 0 Å². The Bertz CT molecular complexity index is 697. The number of carbonyl (C=O) groups is 2. The van der Waals surface area contributed by atoms with Gasteiger partial charge in [-0.05, 0) is 35.6 Å². The van der Waals surface area contributed by atoms with Crippen LogP contribution in [0.25, 0.3) is 0 Å². The second kappa shape index (κ2) is 7.28. The van der Waals surface area contributed by atoms with Gasteiger partial charge in [0.2, 0.25) is 12.7 Å². The van der Waals surface area contributed by atoms with Crippen molar-refractivity contribution in [3.8, 4) is 11.5 Å². The van der Waals surface area contributed by atoms with Crippen LogP contribution >= 0.6 is 11.3 Å². The van der Waals surface area contributed by atoms with E-state index in [1.54, 1.807) is 0 Å².